The van der Waals surface area contributed by atoms with Crippen molar-refractivity contribution in [2.75, 3.05) is 19.7 Å². The van der Waals surface area contributed by atoms with Gasteiger partial charge in [0.2, 0.25) is 5.88 Å². The SMILES string of the molecule is CCOC(=O)c1c(CN2CC[C@H](Oc3ccccn3)C2)oc2ccccc12. The van der Waals surface area contributed by atoms with E-state index < -0.39 is 0 Å². The van der Waals surface area contributed by atoms with Crippen molar-refractivity contribution in [3.8, 4) is 5.88 Å². The van der Waals surface area contributed by atoms with E-state index in [2.05, 4.69) is 9.88 Å². The van der Waals surface area contributed by atoms with Crippen molar-refractivity contribution in [3.63, 3.8) is 0 Å². The summed E-state index contributed by atoms with van der Waals surface area (Å²) in [6.45, 7) is 4.32. The molecule has 1 aromatic carbocycles. The Bertz CT molecular complexity index is 922. The van der Waals surface area contributed by atoms with E-state index in [-0.39, 0.29) is 12.1 Å². The number of hydrogen-bond acceptors (Lipinski definition) is 6. The van der Waals surface area contributed by atoms with Gasteiger partial charge < -0.3 is 13.9 Å². The molecule has 1 aliphatic heterocycles. The second kappa shape index (κ2) is 7.80. The molecule has 1 saturated heterocycles. The lowest BCUT2D eigenvalue weighted by molar-refractivity contribution is 0.0524. The number of ether oxygens (including phenoxy) is 2. The number of aromatic nitrogens is 1. The van der Waals surface area contributed by atoms with Crippen LogP contribution in [-0.2, 0) is 11.3 Å². The van der Waals surface area contributed by atoms with Crippen LogP contribution in [0.15, 0.2) is 53.1 Å². The Morgan fingerprint density at radius 1 is 1.26 bits per heavy atom. The van der Waals surface area contributed by atoms with Crippen molar-refractivity contribution in [1.29, 1.82) is 0 Å². The first kappa shape index (κ1) is 17.5. The molecular weight excluding hydrogens is 344 g/mol. The lowest BCUT2D eigenvalue weighted by Crippen LogP contribution is -2.25. The van der Waals surface area contributed by atoms with Crippen LogP contribution in [0.4, 0.5) is 0 Å². The van der Waals surface area contributed by atoms with Gasteiger partial charge in [-0.15, -0.1) is 0 Å². The Morgan fingerprint density at radius 2 is 2.11 bits per heavy atom. The highest BCUT2D eigenvalue weighted by Crippen LogP contribution is 2.29. The fourth-order valence-corrected chi connectivity index (χ4v) is 3.46. The normalized spacial score (nSPS) is 17.3. The highest BCUT2D eigenvalue weighted by Gasteiger charge is 2.28. The standard InChI is InChI=1S/C21H22N2O4/c1-2-25-21(24)20-16-7-3-4-8-17(16)27-18(20)14-23-12-10-15(13-23)26-19-9-5-6-11-22-19/h3-9,11,15H,2,10,12-14H2,1H3/t15-/m0/s1. The van der Waals surface area contributed by atoms with Gasteiger partial charge in [-0.1, -0.05) is 24.3 Å². The molecule has 140 valence electrons. The molecule has 0 saturated carbocycles. The van der Waals surface area contributed by atoms with Crippen LogP contribution in [0, 0.1) is 0 Å². The van der Waals surface area contributed by atoms with Crippen LogP contribution in [0.3, 0.4) is 0 Å². The largest absolute Gasteiger partial charge is 0.473 e. The number of nitrogens with zero attached hydrogens (tertiary/aromatic N) is 2. The van der Waals surface area contributed by atoms with E-state index in [1.807, 2.05) is 42.5 Å². The van der Waals surface area contributed by atoms with Gasteiger partial charge in [0.25, 0.3) is 0 Å². The van der Waals surface area contributed by atoms with Crippen molar-refractivity contribution < 1.29 is 18.7 Å². The van der Waals surface area contributed by atoms with Crippen LogP contribution in [0.25, 0.3) is 11.0 Å². The summed E-state index contributed by atoms with van der Waals surface area (Å²) in [5.74, 6) is 0.950. The second-order valence-corrected chi connectivity index (χ2v) is 6.55. The highest BCUT2D eigenvalue weighted by molar-refractivity contribution is 6.04. The topological polar surface area (TPSA) is 64.8 Å². The summed E-state index contributed by atoms with van der Waals surface area (Å²) in [6, 6.07) is 13.2. The summed E-state index contributed by atoms with van der Waals surface area (Å²) in [5, 5.41) is 0.798. The zero-order valence-corrected chi connectivity index (χ0v) is 15.3. The maximum Gasteiger partial charge on any atom is 0.342 e. The molecule has 0 amide bonds. The zero-order valence-electron chi connectivity index (χ0n) is 15.3. The molecule has 0 radical (unpaired) electrons. The molecule has 0 N–H and O–H groups in total. The van der Waals surface area contributed by atoms with E-state index in [1.54, 1.807) is 13.1 Å². The minimum absolute atomic E-state index is 0.0790. The van der Waals surface area contributed by atoms with Gasteiger partial charge in [-0.3, -0.25) is 4.90 Å². The van der Waals surface area contributed by atoms with E-state index in [4.69, 9.17) is 13.9 Å². The number of benzene rings is 1. The number of carbonyl (C=O) groups excluding carboxylic acids is 1. The number of pyridine rings is 1. The molecule has 0 spiro atoms. The van der Waals surface area contributed by atoms with Crippen molar-refractivity contribution >= 4 is 16.9 Å². The maximum atomic E-state index is 12.5. The molecule has 0 unspecified atom stereocenters. The average molecular weight is 366 g/mol. The predicted octanol–water partition coefficient (Wildman–Crippen LogP) is 3.66. The average Bonchev–Trinajstić information content (AvgIpc) is 3.26. The number of fused-ring (bicyclic) bond motifs is 1. The van der Waals surface area contributed by atoms with E-state index >= 15 is 0 Å². The number of carbonyl (C=O) groups is 1. The molecule has 3 aromatic rings. The van der Waals surface area contributed by atoms with Gasteiger partial charge in [0.15, 0.2) is 0 Å². The molecular formula is C21H22N2O4. The monoisotopic (exact) mass is 366 g/mol. The summed E-state index contributed by atoms with van der Waals surface area (Å²) in [5.41, 5.74) is 1.23. The Morgan fingerprint density at radius 3 is 2.93 bits per heavy atom. The quantitative estimate of drug-likeness (QED) is 0.621. The third-order valence-electron chi connectivity index (χ3n) is 4.67. The van der Waals surface area contributed by atoms with E-state index in [0.717, 1.165) is 24.9 Å². The van der Waals surface area contributed by atoms with Gasteiger partial charge in [0, 0.05) is 30.7 Å². The van der Waals surface area contributed by atoms with E-state index in [9.17, 15) is 4.79 Å². The summed E-state index contributed by atoms with van der Waals surface area (Å²) >= 11 is 0. The van der Waals surface area contributed by atoms with Crippen LogP contribution < -0.4 is 4.74 Å². The second-order valence-electron chi connectivity index (χ2n) is 6.55. The molecule has 1 fully saturated rings. The molecule has 3 heterocycles. The fraction of sp³-hybridized carbons (Fsp3) is 0.333. The Labute approximate surface area is 157 Å². The number of likely N-dealkylation sites (tertiary alicyclic amines) is 1. The zero-order chi connectivity index (χ0) is 18.6. The Kier molecular flexibility index (Phi) is 5.07. The third kappa shape index (κ3) is 3.80. The van der Waals surface area contributed by atoms with Gasteiger partial charge in [0.1, 0.15) is 23.0 Å². The van der Waals surface area contributed by atoms with E-state index in [1.165, 1.54) is 0 Å². The van der Waals surface area contributed by atoms with Crippen LogP contribution in [0.1, 0.15) is 29.5 Å². The Balaban J connectivity index is 1.50. The molecule has 0 bridgehead atoms. The molecule has 1 aliphatic rings. The maximum absolute atomic E-state index is 12.5. The van der Waals surface area contributed by atoms with Crippen molar-refractivity contribution in [2.24, 2.45) is 0 Å². The highest BCUT2D eigenvalue weighted by atomic mass is 16.5. The predicted molar refractivity (Wildman–Crippen MR) is 101 cm³/mol. The Hall–Kier alpha value is -2.86. The lowest BCUT2D eigenvalue weighted by atomic mass is 10.1. The molecule has 27 heavy (non-hydrogen) atoms. The third-order valence-corrected chi connectivity index (χ3v) is 4.67. The first-order valence-corrected chi connectivity index (χ1v) is 9.22. The number of hydrogen-bond donors (Lipinski definition) is 0. The summed E-state index contributed by atoms with van der Waals surface area (Å²) in [6.07, 6.45) is 2.71. The first-order chi connectivity index (χ1) is 13.2. The van der Waals surface area contributed by atoms with Gasteiger partial charge >= 0.3 is 5.97 Å². The molecule has 6 nitrogen and oxygen atoms in total. The van der Waals surface area contributed by atoms with Crippen molar-refractivity contribution in [3.05, 3.63) is 60.0 Å². The van der Waals surface area contributed by atoms with Gasteiger partial charge in [-0.2, -0.15) is 0 Å². The van der Waals surface area contributed by atoms with Crippen LogP contribution in [0.2, 0.25) is 0 Å². The fourth-order valence-electron chi connectivity index (χ4n) is 3.46. The van der Waals surface area contributed by atoms with Crippen LogP contribution >= 0.6 is 0 Å². The van der Waals surface area contributed by atoms with Gasteiger partial charge in [-0.25, -0.2) is 9.78 Å². The van der Waals surface area contributed by atoms with E-state index in [0.29, 0.717) is 35.9 Å². The minimum atomic E-state index is -0.335. The number of rotatable bonds is 6. The van der Waals surface area contributed by atoms with Crippen LogP contribution in [-0.4, -0.2) is 41.7 Å². The van der Waals surface area contributed by atoms with Gasteiger partial charge in [-0.05, 0) is 25.5 Å². The lowest BCUT2D eigenvalue weighted by Gasteiger charge is -2.16. The molecule has 2 aromatic heterocycles. The summed E-state index contributed by atoms with van der Waals surface area (Å²) < 4.78 is 17.2. The summed E-state index contributed by atoms with van der Waals surface area (Å²) in [7, 11) is 0. The first-order valence-electron chi connectivity index (χ1n) is 9.22. The number of furan rings is 1. The van der Waals surface area contributed by atoms with Crippen molar-refractivity contribution in [1.82, 2.24) is 9.88 Å². The molecule has 1 atom stereocenters. The van der Waals surface area contributed by atoms with Crippen LogP contribution in [0.5, 0.6) is 5.88 Å². The minimum Gasteiger partial charge on any atom is -0.473 e. The van der Waals surface area contributed by atoms with Gasteiger partial charge in [0.05, 0.1) is 13.2 Å². The molecule has 4 rings (SSSR count). The smallest absolute Gasteiger partial charge is 0.342 e. The number of para-hydroxylation sites is 1. The van der Waals surface area contributed by atoms with Crippen molar-refractivity contribution in [2.45, 2.75) is 26.0 Å². The summed E-state index contributed by atoms with van der Waals surface area (Å²) in [4.78, 5) is 18.9. The molecule has 0 aliphatic carbocycles. The number of esters is 1. The molecule has 6 heteroatoms.